The van der Waals surface area contributed by atoms with E-state index in [0.717, 1.165) is 12.1 Å². The van der Waals surface area contributed by atoms with Crippen LogP contribution in [0.2, 0.25) is 0 Å². The molecular weight excluding hydrogens is 1000 g/mol. The Morgan fingerprint density at radius 3 is 2.01 bits per heavy atom. The summed E-state index contributed by atoms with van der Waals surface area (Å²) < 4.78 is 167. The van der Waals surface area contributed by atoms with Crippen LogP contribution in [0, 0.1) is 6.92 Å². The number of rotatable bonds is 12. The van der Waals surface area contributed by atoms with Gasteiger partial charge in [-0.3, -0.25) is 32.9 Å². The maximum Gasteiger partial charge on any atom is 0.295 e. The number of nitrogens with zero attached hydrogens (tertiary/aromatic N) is 6. The minimum Gasteiger partial charge on any atom is -0.768 e. The monoisotopic (exact) mass is 1030 g/mol. The van der Waals surface area contributed by atoms with Crippen LogP contribution in [-0.4, -0.2) is 81.4 Å². The molecule has 1 aliphatic heterocycles. The van der Waals surface area contributed by atoms with Crippen molar-refractivity contribution in [3.05, 3.63) is 126 Å². The Kier molecular flexibility index (Phi) is 10.6. The van der Waals surface area contributed by atoms with Crippen molar-refractivity contribution in [2.45, 2.75) is 31.4 Å². The molecule has 1 aliphatic rings. The molecule has 0 bridgehead atoms. The Balaban J connectivity index is 0.925. The van der Waals surface area contributed by atoms with Crippen LogP contribution in [0.4, 0.5) is 28.4 Å². The van der Waals surface area contributed by atoms with E-state index in [9.17, 15) is 60.6 Å². The standard InChI is InChI=1S/C42H32N8O14S5/c1-23-16-36(49-48-35-15-10-26-17-29(66(53,54)55)13-14-30(26)42(35)50(48)49)37(65(51)52)20-33(23)45-44-27-11-8-24(38(18-27)67(56,57)58)6-7-25-9-12-28(19-39(25)68(59,60)61)46-47-22-43-34-21-40(69(62,63)64)31-4-2-3-5-32(31)41(34)47/h2-21,43,46H,22H2,1H3,(H,51,52)(H,53,54,55)(H,56,57,58)(H,59,60,61)(H,62,63,64)/p-1. The van der Waals surface area contributed by atoms with Crippen LogP contribution in [0.15, 0.2) is 144 Å². The zero-order valence-corrected chi connectivity index (χ0v) is 38.9. The Morgan fingerprint density at radius 2 is 1.35 bits per heavy atom. The fourth-order valence-electron chi connectivity index (χ4n) is 8.21. The van der Waals surface area contributed by atoms with Gasteiger partial charge >= 0.3 is 0 Å². The van der Waals surface area contributed by atoms with Crippen LogP contribution < -0.4 is 15.8 Å². The van der Waals surface area contributed by atoms with Crippen molar-refractivity contribution in [1.29, 1.82) is 0 Å². The average molecular weight is 1030 g/mol. The van der Waals surface area contributed by atoms with Crippen LogP contribution in [0.5, 0.6) is 0 Å². The van der Waals surface area contributed by atoms with Gasteiger partial charge in [0.15, 0.2) is 0 Å². The third-order valence-electron chi connectivity index (χ3n) is 11.3. The summed E-state index contributed by atoms with van der Waals surface area (Å²) in [6.45, 7) is 1.71. The van der Waals surface area contributed by atoms with Crippen LogP contribution >= 0.6 is 0 Å². The van der Waals surface area contributed by atoms with E-state index >= 15 is 0 Å². The van der Waals surface area contributed by atoms with Crippen LogP contribution in [0.3, 0.4) is 0 Å². The lowest BCUT2D eigenvalue weighted by Crippen LogP contribution is -2.29. The Morgan fingerprint density at radius 1 is 0.681 bits per heavy atom. The third-order valence-corrected chi connectivity index (χ3v) is 15.6. The lowest BCUT2D eigenvalue weighted by molar-refractivity contribution is 0.480. The molecule has 2 aromatic heterocycles. The first-order valence-corrected chi connectivity index (χ1v) is 26.6. The number of azo groups is 1. The lowest BCUT2D eigenvalue weighted by Gasteiger charge is -2.22. The number of benzene rings is 7. The van der Waals surface area contributed by atoms with E-state index in [1.807, 2.05) is 0 Å². The van der Waals surface area contributed by atoms with E-state index < -0.39 is 61.3 Å². The van der Waals surface area contributed by atoms with Crippen molar-refractivity contribution >= 4 is 125 Å². The Hall–Kier alpha value is -7.05. The molecule has 0 fully saturated rings. The number of anilines is 3. The molecule has 0 radical (unpaired) electrons. The third kappa shape index (κ3) is 8.18. The molecule has 3 heterocycles. The normalized spacial score (nSPS) is 14.3. The minimum absolute atomic E-state index is 0.0680. The SMILES string of the molecule is Cc1cc(-n2n3c4ccc5cc(S(=O)(=O)O)ccc5c4n23)c(S(=O)[O-])cc1N=Nc1ccc(C=Cc2ccc(NN3CNc4cc(S(=O)(=O)O)c5ccccc5c43)cc2S(=O)(=O)O)c(S(=O)(=O)O)c1. The molecule has 0 amide bonds. The zero-order valence-electron chi connectivity index (χ0n) is 34.8. The number of nitrogens with one attached hydrogen (secondary N) is 2. The van der Waals surface area contributed by atoms with Gasteiger partial charge in [0, 0.05) is 16.2 Å². The van der Waals surface area contributed by atoms with E-state index in [1.54, 1.807) is 62.4 Å². The molecule has 22 nitrogen and oxygen atoms in total. The number of aromatic nitrogens is 3. The highest BCUT2D eigenvalue weighted by Gasteiger charge is 2.30. The molecule has 0 saturated carbocycles. The largest absolute Gasteiger partial charge is 0.768 e. The van der Waals surface area contributed by atoms with Gasteiger partial charge in [-0.25, -0.2) is 0 Å². The predicted octanol–water partition coefficient (Wildman–Crippen LogP) is 7.06. The maximum atomic E-state index is 12.7. The average Bonchev–Trinajstić information content (AvgIpc) is 3.75. The van der Waals surface area contributed by atoms with E-state index in [2.05, 4.69) is 21.0 Å². The number of fused-ring (bicyclic) bond motifs is 9. The molecule has 10 rings (SSSR count). The van der Waals surface area contributed by atoms with Crippen LogP contribution in [0.1, 0.15) is 16.7 Å². The van der Waals surface area contributed by atoms with E-state index in [4.69, 9.17) is 0 Å². The van der Waals surface area contributed by atoms with Crippen molar-refractivity contribution in [3.8, 4) is 5.69 Å². The molecule has 69 heavy (non-hydrogen) atoms. The van der Waals surface area contributed by atoms with Gasteiger partial charge in [0.25, 0.3) is 40.5 Å². The second-order valence-electron chi connectivity index (χ2n) is 15.6. The number of aryl methyl sites for hydroxylation is 1. The second kappa shape index (κ2) is 16.0. The highest BCUT2D eigenvalue weighted by molar-refractivity contribution is 7.86. The quantitative estimate of drug-likeness (QED) is 0.0308. The van der Waals surface area contributed by atoms with Gasteiger partial charge in [-0.2, -0.15) is 43.9 Å². The molecule has 1 atom stereocenters. The molecule has 0 spiro atoms. The molecule has 7 aromatic carbocycles. The fraction of sp³-hybridized carbons (Fsp3) is 0.0476. The first kappa shape index (κ1) is 45.7. The Bertz CT molecular complexity index is 4240. The number of hydrogen-bond acceptors (Lipinski definition) is 15. The van der Waals surface area contributed by atoms with Gasteiger partial charge < -0.3 is 9.87 Å². The molecule has 0 aliphatic carbocycles. The van der Waals surface area contributed by atoms with Gasteiger partial charge in [-0.05, 0) is 101 Å². The molecule has 9 aromatic rings. The summed E-state index contributed by atoms with van der Waals surface area (Å²) in [7, 11) is -18.9. The molecule has 0 saturated heterocycles. The zero-order chi connectivity index (χ0) is 49.1. The number of hydrogen-bond donors (Lipinski definition) is 6. The number of hydrazine groups is 1. The van der Waals surface area contributed by atoms with Crippen molar-refractivity contribution in [1.82, 2.24) is 14.1 Å². The maximum absolute atomic E-state index is 12.7. The first-order chi connectivity index (χ1) is 32.5. The van der Waals surface area contributed by atoms with Gasteiger partial charge in [-0.15, -0.1) is 14.1 Å². The van der Waals surface area contributed by atoms with Gasteiger partial charge in [0.1, 0.15) is 38.1 Å². The second-order valence-corrected chi connectivity index (χ2v) is 22.1. The lowest BCUT2D eigenvalue weighted by atomic mass is 10.1. The van der Waals surface area contributed by atoms with Crippen LogP contribution in [0.25, 0.3) is 50.4 Å². The minimum atomic E-state index is -4.96. The summed E-state index contributed by atoms with van der Waals surface area (Å²) in [5.41, 5.74) is 5.90. The highest BCUT2D eigenvalue weighted by Crippen LogP contribution is 2.42. The summed E-state index contributed by atoms with van der Waals surface area (Å²) in [6.07, 6.45) is 2.38. The summed E-state index contributed by atoms with van der Waals surface area (Å²) in [5.74, 6) is 0. The predicted molar refractivity (Wildman–Crippen MR) is 252 cm³/mol. The van der Waals surface area contributed by atoms with Gasteiger partial charge in [0.2, 0.25) is 0 Å². The van der Waals surface area contributed by atoms with E-state index in [0.29, 0.717) is 44.1 Å². The van der Waals surface area contributed by atoms with E-state index in [-0.39, 0.29) is 60.6 Å². The molecular formula is C42H31N8O14S5-. The summed E-state index contributed by atoms with van der Waals surface area (Å²) >= 11 is -2.80. The summed E-state index contributed by atoms with van der Waals surface area (Å²) in [6, 6.07) is 25.5. The fourth-order valence-corrected chi connectivity index (χ4v) is 11.4. The summed E-state index contributed by atoms with van der Waals surface area (Å²) in [4.78, 5) is -0.434. The Labute approximate surface area is 392 Å². The highest BCUT2D eigenvalue weighted by atomic mass is 32.2. The topological polar surface area (TPSA) is 323 Å². The van der Waals surface area contributed by atoms with Crippen LogP contribution in [-0.2, 0) is 51.6 Å². The first-order valence-electron chi connectivity index (χ1n) is 19.8. The van der Waals surface area contributed by atoms with Crippen molar-refractivity contribution in [2.75, 3.05) is 22.4 Å². The molecule has 354 valence electrons. The molecule has 1 unspecified atom stereocenters. The van der Waals surface area contributed by atoms with Crippen molar-refractivity contribution in [3.63, 3.8) is 0 Å². The van der Waals surface area contributed by atoms with E-state index in [1.165, 1.54) is 72.8 Å². The summed E-state index contributed by atoms with van der Waals surface area (Å²) in [5, 5.41) is 14.7. The van der Waals surface area contributed by atoms with Gasteiger partial charge in [-0.1, -0.05) is 60.7 Å². The van der Waals surface area contributed by atoms with Gasteiger partial charge in [0.05, 0.1) is 38.2 Å². The smallest absolute Gasteiger partial charge is 0.295 e. The van der Waals surface area contributed by atoms with Crippen molar-refractivity contribution in [2.24, 2.45) is 10.2 Å². The molecule has 27 heteroatoms. The van der Waals surface area contributed by atoms with Crippen molar-refractivity contribution < 1.29 is 60.6 Å². The molecule has 6 N–H and O–H groups in total.